The molecular weight excluding hydrogens is 312 g/mol. The third-order valence-corrected chi connectivity index (χ3v) is 11.3. The lowest BCUT2D eigenvalue weighted by Crippen LogP contribution is -2.64. The zero-order valence-corrected chi connectivity index (χ0v) is 17.3. The second-order valence-electron chi connectivity index (χ2n) is 7.02. The van der Waals surface area contributed by atoms with Crippen molar-refractivity contribution in [3.8, 4) is 0 Å². The molecule has 0 heterocycles. The lowest BCUT2D eigenvalue weighted by molar-refractivity contribution is 0.218. The van der Waals surface area contributed by atoms with Crippen LogP contribution in [0.4, 0.5) is 0 Å². The third kappa shape index (κ3) is 5.65. The molecule has 0 fully saturated rings. The second kappa shape index (κ2) is 6.72. The Morgan fingerprint density at radius 1 is 0.857 bits per heavy atom. The van der Waals surface area contributed by atoms with Crippen LogP contribution in [0.15, 0.2) is 30.8 Å². The minimum Gasteiger partial charge on any atom is -0.413 e. The zero-order valence-electron chi connectivity index (χ0n) is 14.3. The fourth-order valence-corrected chi connectivity index (χ4v) is 11.4. The highest BCUT2D eigenvalue weighted by molar-refractivity contribution is 6.91. The van der Waals surface area contributed by atoms with Crippen LogP contribution in [-0.2, 0) is 12.7 Å². The molecule has 0 aliphatic rings. The van der Waals surface area contributed by atoms with E-state index in [4.69, 9.17) is 12.7 Å². The Kier molecular flexibility index (Phi) is 5.93. The minimum atomic E-state index is -2.86. The molecular formula is C15H28O3Si3. The van der Waals surface area contributed by atoms with E-state index in [0.29, 0.717) is 0 Å². The molecule has 6 heteroatoms. The molecule has 0 saturated heterocycles. The standard InChI is InChI=1S/C15H28O3Si3/c1-9-14-10-12-15(13-11-14)21(16-2,17-19(3,4)5)18-20(6,7)8/h9-13H,1H2,2-8H3. The third-order valence-electron chi connectivity index (χ3n) is 2.65. The Morgan fingerprint density at radius 3 is 1.57 bits per heavy atom. The molecule has 0 spiro atoms. The van der Waals surface area contributed by atoms with E-state index in [-0.39, 0.29) is 0 Å². The monoisotopic (exact) mass is 340 g/mol. The molecule has 0 bridgehead atoms. The number of hydrogen-bond donors (Lipinski definition) is 0. The molecule has 1 aromatic rings. The molecule has 0 N–H and O–H groups in total. The molecule has 0 atom stereocenters. The number of benzene rings is 1. The Morgan fingerprint density at radius 2 is 1.29 bits per heavy atom. The van der Waals surface area contributed by atoms with Crippen LogP contribution in [0.1, 0.15) is 5.56 Å². The van der Waals surface area contributed by atoms with Crippen molar-refractivity contribution in [2.45, 2.75) is 39.3 Å². The van der Waals surface area contributed by atoms with Crippen molar-refractivity contribution in [3.05, 3.63) is 36.4 Å². The highest BCUT2D eigenvalue weighted by atomic mass is 28.5. The molecule has 1 aromatic carbocycles. The fraction of sp³-hybridized carbons (Fsp3) is 0.467. The molecule has 1 rings (SSSR count). The summed E-state index contributed by atoms with van der Waals surface area (Å²) in [5.74, 6) is 0. The molecule has 0 aromatic heterocycles. The van der Waals surface area contributed by atoms with Gasteiger partial charge in [-0.2, -0.15) is 0 Å². The fourth-order valence-electron chi connectivity index (χ4n) is 1.97. The van der Waals surface area contributed by atoms with Crippen molar-refractivity contribution >= 4 is 36.7 Å². The number of hydrogen-bond acceptors (Lipinski definition) is 3. The highest BCUT2D eigenvalue weighted by Gasteiger charge is 2.48. The van der Waals surface area contributed by atoms with Crippen molar-refractivity contribution in [1.29, 1.82) is 0 Å². The summed E-state index contributed by atoms with van der Waals surface area (Å²) in [5.41, 5.74) is 1.08. The first-order valence-corrected chi connectivity index (χ1v) is 15.7. The molecule has 0 aliphatic carbocycles. The van der Waals surface area contributed by atoms with Crippen LogP contribution < -0.4 is 5.19 Å². The molecule has 0 radical (unpaired) electrons. The summed E-state index contributed by atoms with van der Waals surface area (Å²) in [4.78, 5) is 0. The lowest BCUT2D eigenvalue weighted by atomic mass is 10.2. The Bertz CT molecular complexity index is 456. The van der Waals surface area contributed by atoms with Crippen LogP contribution in [0.3, 0.4) is 0 Å². The molecule has 118 valence electrons. The van der Waals surface area contributed by atoms with Gasteiger partial charge in [0.1, 0.15) is 0 Å². The molecule has 0 amide bonds. The predicted molar refractivity (Wildman–Crippen MR) is 97.8 cm³/mol. The first-order valence-electron chi connectivity index (χ1n) is 7.20. The van der Waals surface area contributed by atoms with E-state index < -0.39 is 25.4 Å². The Balaban J connectivity index is 3.29. The molecule has 0 saturated carbocycles. The summed E-state index contributed by atoms with van der Waals surface area (Å²) >= 11 is 0. The number of rotatable bonds is 7. The van der Waals surface area contributed by atoms with E-state index in [2.05, 4.69) is 45.9 Å². The van der Waals surface area contributed by atoms with Crippen LogP contribution in [0.25, 0.3) is 6.08 Å². The van der Waals surface area contributed by atoms with Crippen LogP contribution in [0, 0.1) is 0 Å². The van der Waals surface area contributed by atoms with Crippen LogP contribution in [0.5, 0.6) is 0 Å². The van der Waals surface area contributed by atoms with Crippen molar-refractivity contribution in [1.82, 2.24) is 0 Å². The highest BCUT2D eigenvalue weighted by Crippen LogP contribution is 2.21. The van der Waals surface area contributed by atoms with Gasteiger partial charge in [-0.3, -0.25) is 0 Å². The van der Waals surface area contributed by atoms with Crippen molar-refractivity contribution < 1.29 is 12.7 Å². The summed E-state index contributed by atoms with van der Waals surface area (Å²) in [6, 6.07) is 8.16. The summed E-state index contributed by atoms with van der Waals surface area (Å²) in [5, 5.41) is 1.03. The Labute approximate surface area is 132 Å². The van der Waals surface area contributed by atoms with Gasteiger partial charge in [0.2, 0.25) is 0 Å². The van der Waals surface area contributed by atoms with E-state index in [1.54, 1.807) is 7.11 Å². The summed E-state index contributed by atoms with van der Waals surface area (Å²) in [7, 11) is -4.77. The van der Waals surface area contributed by atoms with Gasteiger partial charge in [-0.05, 0) is 44.8 Å². The summed E-state index contributed by atoms with van der Waals surface area (Å²) in [6.45, 7) is 16.8. The maximum absolute atomic E-state index is 6.45. The second-order valence-corrected chi connectivity index (χ2v) is 19.2. The van der Waals surface area contributed by atoms with Gasteiger partial charge < -0.3 is 12.7 Å². The van der Waals surface area contributed by atoms with Crippen LogP contribution in [0.2, 0.25) is 39.3 Å². The maximum atomic E-state index is 6.45. The molecule has 0 unspecified atom stereocenters. The Hall–Kier alpha value is -0.509. The average Bonchev–Trinajstić information content (AvgIpc) is 2.34. The SMILES string of the molecule is C=Cc1ccc([Si](OC)(O[Si](C)(C)C)O[Si](C)(C)C)cc1. The van der Waals surface area contributed by atoms with Gasteiger partial charge >= 0.3 is 8.80 Å². The van der Waals surface area contributed by atoms with Gasteiger partial charge in [-0.15, -0.1) is 0 Å². The van der Waals surface area contributed by atoms with Gasteiger partial charge in [-0.1, -0.05) is 36.9 Å². The zero-order chi connectivity index (χ0) is 16.3. The van der Waals surface area contributed by atoms with E-state index in [0.717, 1.165) is 10.8 Å². The van der Waals surface area contributed by atoms with E-state index in [1.165, 1.54) is 0 Å². The average molecular weight is 341 g/mol. The minimum absolute atomic E-state index is 1.03. The quantitative estimate of drug-likeness (QED) is 0.706. The van der Waals surface area contributed by atoms with Crippen LogP contribution in [-0.4, -0.2) is 32.5 Å². The molecule has 3 nitrogen and oxygen atoms in total. The first kappa shape index (κ1) is 18.5. The van der Waals surface area contributed by atoms with Crippen LogP contribution >= 0.6 is 0 Å². The molecule has 0 aliphatic heterocycles. The maximum Gasteiger partial charge on any atom is 0.515 e. The van der Waals surface area contributed by atoms with Crippen molar-refractivity contribution in [2.75, 3.05) is 7.11 Å². The van der Waals surface area contributed by atoms with E-state index in [9.17, 15) is 0 Å². The first-order chi connectivity index (χ1) is 9.51. The van der Waals surface area contributed by atoms with Gasteiger partial charge in [0.05, 0.1) is 0 Å². The summed E-state index contributed by atoms with van der Waals surface area (Å²) in [6.07, 6.45) is 1.83. The normalized spacial score (nSPS) is 13.3. The van der Waals surface area contributed by atoms with E-state index >= 15 is 0 Å². The topological polar surface area (TPSA) is 27.7 Å². The van der Waals surface area contributed by atoms with E-state index in [1.807, 2.05) is 30.3 Å². The lowest BCUT2D eigenvalue weighted by Gasteiger charge is -2.38. The van der Waals surface area contributed by atoms with Gasteiger partial charge in [0, 0.05) is 12.3 Å². The largest absolute Gasteiger partial charge is 0.515 e. The van der Waals surface area contributed by atoms with Gasteiger partial charge in [-0.25, -0.2) is 0 Å². The smallest absolute Gasteiger partial charge is 0.413 e. The predicted octanol–water partition coefficient (Wildman–Crippen LogP) is 3.82. The van der Waals surface area contributed by atoms with Crippen molar-refractivity contribution in [3.63, 3.8) is 0 Å². The van der Waals surface area contributed by atoms with Crippen molar-refractivity contribution in [2.24, 2.45) is 0 Å². The molecule has 21 heavy (non-hydrogen) atoms. The van der Waals surface area contributed by atoms with Gasteiger partial charge in [0.15, 0.2) is 16.6 Å². The summed E-state index contributed by atoms with van der Waals surface area (Å²) < 4.78 is 18.8. The van der Waals surface area contributed by atoms with Gasteiger partial charge in [0.25, 0.3) is 0 Å².